The lowest BCUT2D eigenvalue weighted by Crippen LogP contribution is -2.53. The van der Waals surface area contributed by atoms with Crippen LogP contribution in [-0.2, 0) is 16.0 Å². The first-order valence-corrected chi connectivity index (χ1v) is 8.73. The van der Waals surface area contributed by atoms with Crippen LogP contribution in [0.15, 0.2) is 36.4 Å². The molecule has 0 saturated carbocycles. The van der Waals surface area contributed by atoms with Crippen LogP contribution < -0.4 is 4.90 Å². The topological polar surface area (TPSA) is 57.6 Å². The number of anilines is 1. The van der Waals surface area contributed by atoms with Crippen LogP contribution >= 0.6 is 0 Å². The number of aryl methyl sites for hydroxylation is 1. The number of fused-ring (bicyclic) bond motifs is 1. The van der Waals surface area contributed by atoms with Crippen molar-refractivity contribution in [3.63, 3.8) is 0 Å². The lowest BCUT2D eigenvalue weighted by molar-refractivity contribution is -0.143. The number of carbonyl (C=O) groups excluding carboxylic acids is 1. The minimum Gasteiger partial charge on any atom is -0.480 e. The molecule has 0 aliphatic carbocycles. The fraction of sp³-hybridized carbons (Fsp3) is 0.333. The van der Waals surface area contributed by atoms with Gasteiger partial charge in [0.05, 0.1) is 0 Å². The average Bonchev–Trinajstić information content (AvgIpc) is 2.55. The fourth-order valence-corrected chi connectivity index (χ4v) is 3.56. The molecule has 1 heterocycles. The van der Waals surface area contributed by atoms with Crippen molar-refractivity contribution in [3.05, 3.63) is 53.6 Å². The van der Waals surface area contributed by atoms with Gasteiger partial charge in [0.2, 0.25) is 5.91 Å². The summed E-state index contributed by atoms with van der Waals surface area (Å²) in [5.41, 5.74) is 1.44. The van der Waals surface area contributed by atoms with E-state index < -0.39 is 29.1 Å². The molecule has 1 aliphatic rings. The van der Waals surface area contributed by atoms with Crippen LogP contribution in [0.5, 0.6) is 0 Å². The van der Waals surface area contributed by atoms with E-state index >= 15 is 0 Å². The normalized spacial score (nSPS) is 15.4. The molecular formula is C21H21F2NO3. The Kier molecular flexibility index (Phi) is 4.76. The summed E-state index contributed by atoms with van der Waals surface area (Å²) in [5.74, 6) is -2.64. The summed E-state index contributed by atoms with van der Waals surface area (Å²) in [5, 5.41) is 9.72. The fourth-order valence-electron chi connectivity index (χ4n) is 3.56. The molecule has 0 aromatic heterocycles. The number of hydrogen-bond donors (Lipinski definition) is 1. The first-order chi connectivity index (χ1) is 12.6. The van der Waals surface area contributed by atoms with Crippen LogP contribution in [0, 0.1) is 17.0 Å². The second kappa shape index (κ2) is 6.76. The second-order valence-electron chi connectivity index (χ2n) is 7.84. The van der Waals surface area contributed by atoms with Gasteiger partial charge in [-0.15, -0.1) is 0 Å². The van der Waals surface area contributed by atoms with E-state index in [0.717, 1.165) is 11.6 Å². The molecule has 2 aromatic carbocycles. The lowest BCUT2D eigenvalue weighted by atomic mass is 9.83. The maximum absolute atomic E-state index is 14.1. The largest absolute Gasteiger partial charge is 0.480 e. The molecule has 1 N–H and O–H groups in total. The smallest absolute Gasteiger partial charge is 0.327 e. The van der Waals surface area contributed by atoms with Gasteiger partial charge in [0.15, 0.2) is 0 Å². The molecule has 6 heteroatoms. The van der Waals surface area contributed by atoms with Gasteiger partial charge >= 0.3 is 5.97 Å². The molecule has 27 heavy (non-hydrogen) atoms. The number of nitrogens with zero attached hydrogens (tertiary/aromatic N) is 1. The Bertz CT molecular complexity index is 918. The Morgan fingerprint density at radius 3 is 2.41 bits per heavy atom. The molecule has 0 radical (unpaired) electrons. The van der Waals surface area contributed by atoms with Crippen molar-refractivity contribution in [2.75, 3.05) is 4.90 Å². The highest BCUT2D eigenvalue weighted by Crippen LogP contribution is 2.37. The van der Waals surface area contributed by atoms with Crippen LogP contribution in [0.1, 0.15) is 32.8 Å². The third-order valence-corrected chi connectivity index (χ3v) is 4.77. The highest BCUT2D eigenvalue weighted by Gasteiger charge is 2.42. The molecule has 0 spiro atoms. The lowest BCUT2D eigenvalue weighted by Gasteiger charge is -2.40. The van der Waals surface area contributed by atoms with E-state index in [1.54, 1.807) is 39.0 Å². The van der Waals surface area contributed by atoms with Gasteiger partial charge in [-0.1, -0.05) is 26.8 Å². The predicted octanol–water partition coefficient (Wildman–Crippen LogP) is 4.41. The van der Waals surface area contributed by atoms with Gasteiger partial charge in [-0.05, 0) is 47.2 Å². The minimum absolute atomic E-state index is 0.183. The first kappa shape index (κ1) is 19.0. The summed E-state index contributed by atoms with van der Waals surface area (Å²) in [7, 11) is 0. The van der Waals surface area contributed by atoms with Crippen molar-refractivity contribution in [1.29, 1.82) is 0 Å². The summed E-state index contributed by atoms with van der Waals surface area (Å²) < 4.78 is 27.3. The second-order valence-corrected chi connectivity index (χ2v) is 7.84. The molecule has 0 saturated heterocycles. The summed E-state index contributed by atoms with van der Waals surface area (Å²) in [6, 6.07) is 7.38. The maximum Gasteiger partial charge on any atom is 0.327 e. The molecule has 0 bridgehead atoms. The van der Waals surface area contributed by atoms with Gasteiger partial charge in [-0.2, -0.15) is 0 Å². The van der Waals surface area contributed by atoms with E-state index in [4.69, 9.17) is 0 Å². The van der Waals surface area contributed by atoms with Crippen molar-refractivity contribution in [1.82, 2.24) is 0 Å². The first-order valence-electron chi connectivity index (χ1n) is 8.73. The number of amides is 1. The monoisotopic (exact) mass is 373 g/mol. The molecule has 1 aliphatic heterocycles. The number of halogens is 2. The Hall–Kier alpha value is -2.76. The number of carboxylic acids is 1. The molecule has 142 valence electrons. The van der Waals surface area contributed by atoms with E-state index in [1.165, 1.54) is 17.0 Å². The minimum atomic E-state index is -1.07. The predicted molar refractivity (Wildman–Crippen MR) is 98.5 cm³/mol. The van der Waals surface area contributed by atoms with Crippen molar-refractivity contribution in [2.24, 2.45) is 5.41 Å². The summed E-state index contributed by atoms with van der Waals surface area (Å²) in [6.45, 7) is 5.32. The maximum atomic E-state index is 14.1. The van der Waals surface area contributed by atoms with Gasteiger partial charge in [0.1, 0.15) is 17.7 Å². The number of rotatable bonds is 3. The van der Waals surface area contributed by atoms with Crippen LogP contribution in [0.25, 0.3) is 11.1 Å². The van der Waals surface area contributed by atoms with E-state index in [0.29, 0.717) is 17.7 Å². The molecule has 4 nitrogen and oxygen atoms in total. The Balaban J connectivity index is 2.09. The van der Waals surface area contributed by atoms with E-state index in [9.17, 15) is 23.5 Å². The van der Waals surface area contributed by atoms with Gasteiger partial charge in [0.25, 0.3) is 0 Å². The molecule has 1 atom stereocenters. The number of hydrogen-bond acceptors (Lipinski definition) is 2. The Morgan fingerprint density at radius 2 is 1.81 bits per heavy atom. The van der Waals surface area contributed by atoms with Crippen LogP contribution in [0.4, 0.5) is 14.5 Å². The molecule has 0 fully saturated rings. The highest BCUT2D eigenvalue weighted by molar-refractivity contribution is 6.02. The molecule has 1 amide bonds. The zero-order valence-corrected chi connectivity index (χ0v) is 15.4. The van der Waals surface area contributed by atoms with Crippen molar-refractivity contribution in [2.45, 2.75) is 39.7 Å². The molecule has 2 aromatic rings. The van der Waals surface area contributed by atoms with Crippen molar-refractivity contribution < 1.29 is 23.5 Å². The summed E-state index contributed by atoms with van der Waals surface area (Å²) in [4.78, 5) is 25.8. The Morgan fingerprint density at radius 1 is 1.11 bits per heavy atom. The molecule has 3 rings (SSSR count). The van der Waals surface area contributed by atoms with Crippen LogP contribution in [-0.4, -0.2) is 23.0 Å². The quantitative estimate of drug-likeness (QED) is 0.867. The molecular weight excluding hydrogens is 352 g/mol. The van der Waals surface area contributed by atoms with Crippen molar-refractivity contribution in [3.8, 4) is 11.1 Å². The number of carboxylic acid groups (broad SMARTS) is 1. The highest BCUT2D eigenvalue weighted by atomic mass is 19.1. The zero-order valence-electron chi connectivity index (χ0n) is 15.4. The number of carbonyl (C=O) groups is 2. The van der Waals surface area contributed by atoms with E-state index in [1.807, 2.05) is 0 Å². The van der Waals surface area contributed by atoms with E-state index in [2.05, 4.69) is 0 Å². The third kappa shape index (κ3) is 3.56. The van der Waals surface area contributed by atoms with Gasteiger partial charge in [-0.25, -0.2) is 13.6 Å². The molecule has 1 unspecified atom stereocenters. The van der Waals surface area contributed by atoms with Gasteiger partial charge < -0.3 is 5.11 Å². The third-order valence-electron chi connectivity index (χ3n) is 4.77. The van der Waals surface area contributed by atoms with Gasteiger partial charge in [-0.3, -0.25) is 9.69 Å². The number of benzene rings is 2. The van der Waals surface area contributed by atoms with E-state index in [-0.39, 0.29) is 17.9 Å². The standard InChI is InChI=1S/C21H21F2NO3/c1-21(2,3)19(20(26)27)24-17-8-4-12(10-13(17)5-9-18(24)25)15-7-6-14(22)11-16(15)23/h4,6-8,10-11,19H,5,9H2,1-3H3,(H,26,27). The average molecular weight is 373 g/mol. The summed E-state index contributed by atoms with van der Waals surface area (Å²) in [6.07, 6.45) is 0.625. The number of aliphatic carboxylic acids is 1. The Labute approximate surface area is 156 Å². The SMILES string of the molecule is CC(C)(C)C(C(=O)O)N1C(=O)CCc2cc(-c3ccc(F)cc3F)ccc21. The zero-order chi connectivity index (χ0) is 19.9. The van der Waals surface area contributed by atoms with Gasteiger partial charge in [0, 0.05) is 23.7 Å². The van der Waals surface area contributed by atoms with Crippen LogP contribution in [0.3, 0.4) is 0 Å². The summed E-state index contributed by atoms with van der Waals surface area (Å²) >= 11 is 0. The van der Waals surface area contributed by atoms with Crippen LogP contribution in [0.2, 0.25) is 0 Å². The van der Waals surface area contributed by atoms with Crippen molar-refractivity contribution >= 4 is 17.6 Å².